The van der Waals surface area contributed by atoms with Gasteiger partial charge in [0.2, 0.25) is 0 Å². The van der Waals surface area contributed by atoms with Gasteiger partial charge < -0.3 is 10.2 Å². The van der Waals surface area contributed by atoms with E-state index in [4.69, 9.17) is 0 Å². The van der Waals surface area contributed by atoms with Crippen LogP contribution in [0.25, 0.3) is 0 Å². The van der Waals surface area contributed by atoms with E-state index in [9.17, 15) is 0 Å². The van der Waals surface area contributed by atoms with E-state index in [0.29, 0.717) is 5.54 Å². The summed E-state index contributed by atoms with van der Waals surface area (Å²) in [4.78, 5) is 6.75. The van der Waals surface area contributed by atoms with Crippen molar-refractivity contribution in [2.75, 3.05) is 20.6 Å². The summed E-state index contributed by atoms with van der Waals surface area (Å²) in [5.74, 6) is 0.850. The van der Waals surface area contributed by atoms with Crippen molar-refractivity contribution in [3.63, 3.8) is 0 Å². The van der Waals surface area contributed by atoms with E-state index < -0.39 is 0 Å². The van der Waals surface area contributed by atoms with Crippen LogP contribution in [0.4, 0.5) is 0 Å². The largest absolute Gasteiger partial charge is 0.309 e. The lowest BCUT2D eigenvalue weighted by atomic mass is 9.75. The lowest BCUT2D eigenvalue weighted by Crippen LogP contribution is -2.54. The number of likely N-dealkylation sites (N-methyl/N-ethyl adjacent to an activating group) is 1. The average Bonchev–Trinajstić information content (AvgIpc) is 2.82. The number of nitrogens with one attached hydrogen (secondary N) is 1. The van der Waals surface area contributed by atoms with Gasteiger partial charge in [-0.25, -0.2) is 4.98 Å². The van der Waals surface area contributed by atoms with E-state index >= 15 is 0 Å². The molecule has 1 fully saturated rings. The zero-order valence-corrected chi connectivity index (χ0v) is 12.6. The van der Waals surface area contributed by atoms with Gasteiger partial charge in [0.25, 0.3) is 0 Å². The Bertz CT molecular complexity index is 350. The Morgan fingerprint density at radius 3 is 3.00 bits per heavy atom. The summed E-state index contributed by atoms with van der Waals surface area (Å²) >= 11 is 1.73. The van der Waals surface area contributed by atoms with Crippen LogP contribution in [0.2, 0.25) is 0 Å². The summed E-state index contributed by atoms with van der Waals surface area (Å²) in [5, 5.41) is 6.84. The van der Waals surface area contributed by atoms with E-state index in [-0.39, 0.29) is 0 Å². The second-order valence-corrected chi connectivity index (χ2v) is 6.83. The summed E-state index contributed by atoms with van der Waals surface area (Å²) in [7, 11) is 4.45. The van der Waals surface area contributed by atoms with Crippen LogP contribution in [-0.2, 0) is 6.54 Å². The molecule has 1 aliphatic rings. The molecule has 102 valence electrons. The number of thiazole rings is 1. The van der Waals surface area contributed by atoms with E-state index in [0.717, 1.165) is 19.0 Å². The molecular weight excluding hydrogens is 242 g/mol. The monoisotopic (exact) mass is 267 g/mol. The van der Waals surface area contributed by atoms with Crippen LogP contribution in [0.3, 0.4) is 0 Å². The van der Waals surface area contributed by atoms with Crippen molar-refractivity contribution in [2.24, 2.45) is 5.92 Å². The van der Waals surface area contributed by atoms with Crippen LogP contribution >= 0.6 is 11.3 Å². The molecule has 2 atom stereocenters. The van der Waals surface area contributed by atoms with Crippen molar-refractivity contribution in [3.8, 4) is 0 Å². The SMILES string of the molecule is CC1CCCC(CNCc2nccs2)(N(C)C)C1. The molecule has 1 saturated carbocycles. The van der Waals surface area contributed by atoms with Gasteiger partial charge in [-0.15, -0.1) is 11.3 Å². The van der Waals surface area contributed by atoms with Gasteiger partial charge in [-0.05, 0) is 32.9 Å². The van der Waals surface area contributed by atoms with Gasteiger partial charge >= 0.3 is 0 Å². The van der Waals surface area contributed by atoms with E-state index in [1.807, 2.05) is 11.6 Å². The molecule has 1 heterocycles. The van der Waals surface area contributed by atoms with Crippen LogP contribution in [0.5, 0.6) is 0 Å². The maximum absolute atomic E-state index is 4.32. The van der Waals surface area contributed by atoms with Gasteiger partial charge in [0.15, 0.2) is 0 Å². The molecule has 1 aromatic rings. The van der Waals surface area contributed by atoms with Crippen LogP contribution in [0.1, 0.15) is 37.6 Å². The van der Waals surface area contributed by atoms with Crippen LogP contribution in [0.15, 0.2) is 11.6 Å². The van der Waals surface area contributed by atoms with Crippen LogP contribution < -0.4 is 5.32 Å². The normalized spacial score (nSPS) is 28.8. The van der Waals surface area contributed by atoms with Gasteiger partial charge in [-0.3, -0.25) is 0 Å². The third-order valence-corrected chi connectivity index (χ3v) is 5.01. The summed E-state index contributed by atoms with van der Waals surface area (Å²) in [6.45, 7) is 4.36. The topological polar surface area (TPSA) is 28.2 Å². The summed E-state index contributed by atoms with van der Waals surface area (Å²) in [5.41, 5.74) is 0.342. The first kappa shape index (κ1) is 14.0. The van der Waals surface area contributed by atoms with E-state index in [2.05, 4.69) is 36.2 Å². The van der Waals surface area contributed by atoms with Gasteiger partial charge in [-0.1, -0.05) is 19.8 Å². The molecule has 0 saturated heterocycles. The minimum Gasteiger partial charge on any atom is -0.309 e. The first-order chi connectivity index (χ1) is 8.62. The highest BCUT2D eigenvalue weighted by atomic mass is 32.1. The summed E-state index contributed by atoms with van der Waals surface area (Å²) in [6, 6.07) is 0. The highest BCUT2D eigenvalue weighted by molar-refractivity contribution is 7.09. The van der Waals surface area contributed by atoms with Crippen molar-refractivity contribution >= 4 is 11.3 Å². The first-order valence-corrected chi connectivity index (χ1v) is 7.77. The molecule has 4 heteroatoms. The maximum Gasteiger partial charge on any atom is 0.106 e. The molecule has 1 aliphatic carbocycles. The fraction of sp³-hybridized carbons (Fsp3) is 0.786. The molecule has 2 rings (SSSR count). The fourth-order valence-corrected chi connectivity index (χ4v) is 3.69. The predicted molar refractivity (Wildman–Crippen MR) is 77.9 cm³/mol. The molecular formula is C14H25N3S. The molecule has 0 aromatic carbocycles. The molecule has 0 radical (unpaired) electrons. The van der Waals surface area contributed by atoms with E-state index in [1.54, 1.807) is 11.3 Å². The van der Waals surface area contributed by atoms with Gasteiger partial charge in [0.05, 0.1) is 0 Å². The van der Waals surface area contributed by atoms with Gasteiger partial charge in [0.1, 0.15) is 5.01 Å². The molecule has 0 bridgehead atoms. The zero-order valence-electron chi connectivity index (χ0n) is 11.8. The molecule has 2 unspecified atom stereocenters. The Balaban J connectivity index is 1.89. The summed E-state index contributed by atoms with van der Waals surface area (Å²) in [6.07, 6.45) is 7.26. The summed E-state index contributed by atoms with van der Waals surface area (Å²) < 4.78 is 0. The third-order valence-electron chi connectivity index (χ3n) is 4.23. The second-order valence-electron chi connectivity index (χ2n) is 5.85. The molecule has 1 aromatic heterocycles. The lowest BCUT2D eigenvalue weighted by Gasteiger charge is -2.45. The molecule has 0 spiro atoms. The standard InChI is InChI=1S/C14H25N3S/c1-12-5-4-6-14(9-12,17(2)3)11-15-10-13-16-7-8-18-13/h7-8,12,15H,4-6,9-11H2,1-3H3. The Morgan fingerprint density at radius 2 is 2.39 bits per heavy atom. The number of rotatable bonds is 5. The van der Waals surface area contributed by atoms with Crippen molar-refractivity contribution < 1.29 is 0 Å². The second kappa shape index (κ2) is 6.13. The fourth-order valence-electron chi connectivity index (χ4n) is 3.10. The van der Waals surface area contributed by atoms with Crippen molar-refractivity contribution in [2.45, 2.75) is 44.7 Å². The highest BCUT2D eigenvalue weighted by Gasteiger charge is 2.36. The quantitative estimate of drug-likeness (QED) is 0.889. The lowest BCUT2D eigenvalue weighted by molar-refractivity contribution is 0.0749. The van der Waals surface area contributed by atoms with Gasteiger partial charge in [-0.2, -0.15) is 0 Å². The molecule has 0 amide bonds. The van der Waals surface area contributed by atoms with Crippen LogP contribution in [-0.4, -0.2) is 36.1 Å². The zero-order chi connectivity index (χ0) is 13.0. The van der Waals surface area contributed by atoms with Crippen LogP contribution in [0, 0.1) is 5.92 Å². The van der Waals surface area contributed by atoms with Crippen molar-refractivity contribution in [1.82, 2.24) is 15.2 Å². The predicted octanol–water partition coefficient (Wildman–Crippen LogP) is 2.74. The highest BCUT2D eigenvalue weighted by Crippen LogP contribution is 2.35. The molecule has 0 aliphatic heterocycles. The number of hydrogen-bond donors (Lipinski definition) is 1. The number of hydrogen-bond acceptors (Lipinski definition) is 4. The third kappa shape index (κ3) is 3.31. The van der Waals surface area contributed by atoms with Gasteiger partial charge in [0, 0.05) is 30.2 Å². The average molecular weight is 267 g/mol. The molecule has 1 N–H and O–H groups in total. The number of nitrogens with zero attached hydrogens (tertiary/aromatic N) is 2. The Labute approximate surface area is 115 Å². The Hall–Kier alpha value is -0.450. The number of aromatic nitrogens is 1. The van der Waals surface area contributed by atoms with Crippen molar-refractivity contribution in [3.05, 3.63) is 16.6 Å². The smallest absolute Gasteiger partial charge is 0.106 e. The molecule has 3 nitrogen and oxygen atoms in total. The Morgan fingerprint density at radius 1 is 1.56 bits per heavy atom. The first-order valence-electron chi connectivity index (χ1n) is 6.89. The Kier molecular flexibility index (Phi) is 4.76. The van der Waals surface area contributed by atoms with Crippen molar-refractivity contribution in [1.29, 1.82) is 0 Å². The minimum atomic E-state index is 0.342. The van der Waals surface area contributed by atoms with E-state index in [1.165, 1.54) is 30.7 Å². The molecule has 18 heavy (non-hydrogen) atoms. The minimum absolute atomic E-state index is 0.342. The maximum atomic E-state index is 4.32.